The summed E-state index contributed by atoms with van der Waals surface area (Å²) in [5, 5.41) is 0. The number of ether oxygens (including phenoxy) is 2. The highest BCUT2D eigenvalue weighted by molar-refractivity contribution is 5.93. The van der Waals surface area contributed by atoms with E-state index in [2.05, 4.69) is 11.9 Å². The predicted molar refractivity (Wildman–Crippen MR) is 122 cm³/mol. The molecule has 3 heterocycles. The van der Waals surface area contributed by atoms with Gasteiger partial charge in [0.25, 0.3) is 5.56 Å². The molecule has 1 aliphatic carbocycles. The first-order valence-electron chi connectivity index (χ1n) is 11.6. The quantitative estimate of drug-likeness (QED) is 0.647. The molecule has 0 N–H and O–H groups in total. The van der Waals surface area contributed by atoms with Crippen LogP contribution >= 0.6 is 0 Å². The molecule has 8 nitrogen and oxygen atoms in total. The van der Waals surface area contributed by atoms with Crippen molar-refractivity contribution in [3.05, 3.63) is 57.8 Å². The molecule has 2 aromatic rings. The normalized spacial score (nSPS) is 17.6. The highest BCUT2D eigenvalue weighted by atomic mass is 16.5. The molecule has 0 saturated heterocycles. The fourth-order valence-corrected chi connectivity index (χ4v) is 4.95. The van der Waals surface area contributed by atoms with Gasteiger partial charge in [0.05, 0.1) is 12.8 Å². The van der Waals surface area contributed by atoms with Crippen LogP contribution in [0.2, 0.25) is 0 Å². The summed E-state index contributed by atoms with van der Waals surface area (Å²) in [7, 11) is 1.31. The van der Waals surface area contributed by atoms with E-state index in [1.165, 1.54) is 19.6 Å². The summed E-state index contributed by atoms with van der Waals surface area (Å²) in [6, 6.07) is 6.79. The van der Waals surface area contributed by atoms with E-state index in [9.17, 15) is 14.4 Å². The van der Waals surface area contributed by atoms with Crippen LogP contribution in [0.5, 0.6) is 5.75 Å². The van der Waals surface area contributed by atoms with Crippen LogP contribution in [0.25, 0.3) is 0 Å². The molecular weight excluding hydrogens is 422 g/mol. The van der Waals surface area contributed by atoms with Crippen molar-refractivity contribution >= 4 is 11.9 Å². The van der Waals surface area contributed by atoms with E-state index < -0.39 is 5.97 Å². The monoisotopic (exact) mass is 453 g/mol. The summed E-state index contributed by atoms with van der Waals surface area (Å²) in [6.45, 7) is 3.40. The number of fused-ring (bicyclic) bond motifs is 1. The molecule has 0 bridgehead atoms. The number of hydrogen-bond acceptors (Lipinski definition) is 6. The number of nitrogens with zero attached hydrogens (tertiary/aromatic N) is 3. The zero-order chi connectivity index (χ0) is 23.4. The lowest BCUT2D eigenvalue weighted by Gasteiger charge is -2.36. The average Bonchev–Trinajstić information content (AvgIpc) is 3.06. The van der Waals surface area contributed by atoms with Gasteiger partial charge in [-0.1, -0.05) is 32.3 Å². The Balaban J connectivity index is 1.62. The van der Waals surface area contributed by atoms with Crippen molar-refractivity contribution < 1.29 is 19.1 Å². The Kier molecular flexibility index (Phi) is 6.81. The molecule has 2 aliphatic rings. The number of esters is 1. The summed E-state index contributed by atoms with van der Waals surface area (Å²) < 4.78 is 12.5. The molecule has 1 saturated carbocycles. The van der Waals surface area contributed by atoms with Crippen LogP contribution < -0.4 is 10.3 Å². The first-order chi connectivity index (χ1) is 15.9. The first-order valence-corrected chi connectivity index (χ1v) is 11.6. The van der Waals surface area contributed by atoms with E-state index in [0.29, 0.717) is 37.4 Å². The Bertz CT molecular complexity index is 1070. The zero-order valence-corrected chi connectivity index (χ0v) is 19.3. The lowest BCUT2D eigenvalue weighted by Crippen LogP contribution is -2.44. The maximum absolute atomic E-state index is 13.4. The van der Waals surface area contributed by atoms with Gasteiger partial charge in [-0.2, -0.15) is 0 Å². The minimum absolute atomic E-state index is 0.122. The number of rotatable bonds is 5. The second-order valence-corrected chi connectivity index (χ2v) is 9.09. The van der Waals surface area contributed by atoms with Crippen molar-refractivity contribution in [3.8, 4) is 5.75 Å². The van der Waals surface area contributed by atoms with E-state index >= 15 is 0 Å². The Morgan fingerprint density at radius 1 is 1.12 bits per heavy atom. The molecule has 0 aromatic carbocycles. The van der Waals surface area contributed by atoms with Gasteiger partial charge in [-0.15, -0.1) is 0 Å². The highest BCUT2D eigenvalue weighted by Gasteiger charge is 2.38. The Morgan fingerprint density at radius 3 is 2.61 bits per heavy atom. The second-order valence-electron chi connectivity index (χ2n) is 9.09. The molecule has 0 unspecified atom stereocenters. The van der Waals surface area contributed by atoms with Crippen molar-refractivity contribution in [3.63, 3.8) is 0 Å². The third-order valence-corrected chi connectivity index (χ3v) is 6.85. The molecule has 0 spiro atoms. The number of pyridine rings is 2. The molecule has 1 amide bonds. The molecule has 33 heavy (non-hydrogen) atoms. The van der Waals surface area contributed by atoms with Crippen molar-refractivity contribution in [2.45, 2.75) is 58.6 Å². The molecule has 176 valence electrons. The molecule has 0 atom stereocenters. The summed E-state index contributed by atoms with van der Waals surface area (Å²) in [4.78, 5) is 45.2. The van der Waals surface area contributed by atoms with Gasteiger partial charge < -0.3 is 18.9 Å². The summed E-state index contributed by atoms with van der Waals surface area (Å²) in [5.41, 5.74) is 0.871. The number of aromatic nitrogens is 2. The largest absolute Gasteiger partial charge is 0.486 e. The van der Waals surface area contributed by atoms with Crippen LogP contribution in [0.4, 0.5) is 0 Å². The Labute approximate surface area is 193 Å². The third-order valence-electron chi connectivity index (χ3n) is 6.85. The van der Waals surface area contributed by atoms with E-state index in [1.54, 1.807) is 16.8 Å². The Hall–Kier alpha value is -3.16. The molecule has 0 radical (unpaired) electrons. The van der Waals surface area contributed by atoms with Gasteiger partial charge in [0.1, 0.15) is 17.9 Å². The maximum Gasteiger partial charge on any atom is 0.343 e. The lowest BCUT2D eigenvalue weighted by molar-refractivity contribution is -0.143. The summed E-state index contributed by atoms with van der Waals surface area (Å²) in [6.07, 6.45) is 7.14. The van der Waals surface area contributed by atoms with Gasteiger partial charge in [-0.25, -0.2) is 4.79 Å². The van der Waals surface area contributed by atoms with Crippen molar-refractivity contribution in [1.29, 1.82) is 0 Å². The van der Waals surface area contributed by atoms with Crippen molar-refractivity contribution in [2.24, 2.45) is 5.41 Å². The van der Waals surface area contributed by atoms with Gasteiger partial charge in [0, 0.05) is 49.4 Å². The van der Waals surface area contributed by atoms with E-state index in [0.717, 1.165) is 25.7 Å². The number of carbonyl (C=O) groups is 2. The summed E-state index contributed by atoms with van der Waals surface area (Å²) >= 11 is 0. The summed E-state index contributed by atoms with van der Waals surface area (Å²) in [5.74, 6) is -0.231. The standard InChI is InChI=1S/C25H31N3O5/c1-25(10-5-3-6-11-25)24(31)27-13-9-19-22(23(30)32-2)20(16-21(29)28(19)15-14-27)33-17-18-8-4-7-12-26-18/h4,7-8,12,16H,3,5-6,9-11,13-15,17H2,1-2H3. The number of methoxy groups -OCH3 is 1. The molecule has 2 aromatic heterocycles. The predicted octanol–water partition coefficient (Wildman–Crippen LogP) is 2.96. The molecule has 1 fully saturated rings. The fourth-order valence-electron chi connectivity index (χ4n) is 4.95. The Morgan fingerprint density at radius 2 is 1.91 bits per heavy atom. The van der Waals surface area contributed by atoms with E-state index in [4.69, 9.17) is 9.47 Å². The average molecular weight is 454 g/mol. The minimum Gasteiger partial charge on any atom is -0.486 e. The van der Waals surface area contributed by atoms with Crippen LogP contribution in [0.15, 0.2) is 35.3 Å². The topological polar surface area (TPSA) is 90.7 Å². The second kappa shape index (κ2) is 9.77. The van der Waals surface area contributed by atoms with Gasteiger partial charge in [-0.3, -0.25) is 14.6 Å². The van der Waals surface area contributed by atoms with Crippen LogP contribution in [-0.4, -0.2) is 46.5 Å². The fraction of sp³-hybridized carbons (Fsp3) is 0.520. The smallest absolute Gasteiger partial charge is 0.343 e. The number of hydrogen-bond donors (Lipinski definition) is 0. The van der Waals surface area contributed by atoms with E-state index in [-0.39, 0.29) is 34.8 Å². The zero-order valence-electron chi connectivity index (χ0n) is 19.3. The number of carbonyl (C=O) groups excluding carboxylic acids is 2. The maximum atomic E-state index is 13.4. The molecule has 8 heteroatoms. The van der Waals surface area contributed by atoms with Gasteiger partial charge in [0.2, 0.25) is 5.91 Å². The first kappa shape index (κ1) is 23.0. The minimum atomic E-state index is -0.561. The van der Waals surface area contributed by atoms with Crippen LogP contribution in [0.3, 0.4) is 0 Å². The lowest BCUT2D eigenvalue weighted by atomic mass is 9.74. The molecule has 4 rings (SSSR count). The van der Waals surface area contributed by atoms with Gasteiger partial charge in [0.15, 0.2) is 0 Å². The van der Waals surface area contributed by atoms with Gasteiger partial charge in [-0.05, 0) is 25.0 Å². The molecular formula is C25H31N3O5. The van der Waals surface area contributed by atoms with E-state index in [1.807, 2.05) is 17.0 Å². The van der Waals surface area contributed by atoms with Gasteiger partial charge >= 0.3 is 5.97 Å². The SMILES string of the molecule is COC(=O)c1c(OCc2ccccn2)cc(=O)n2c1CCN(C(=O)C1(C)CCCCC1)CC2. The van der Waals surface area contributed by atoms with Crippen LogP contribution in [0, 0.1) is 5.41 Å². The van der Waals surface area contributed by atoms with Crippen LogP contribution in [0.1, 0.15) is 60.8 Å². The molecule has 1 aliphatic heterocycles. The van der Waals surface area contributed by atoms with Crippen LogP contribution in [-0.2, 0) is 29.1 Å². The third kappa shape index (κ3) is 4.79. The number of amides is 1. The highest BCUT2D eigenvalue weighted by Crippen LogP contribution is 2.38. The van der Waals surface area contributed by atoms with Crippen molar-refractivity contribution in [1.82, 2.24) is 14.5 Å². The van der Waals surface area contributed by atoms with Crippen molar-refractivity contribution in [2.75, 3.05) is 20.2 Å².